The second-order valence-corrected chi connectivity index (χ2v) is 10.7. The first-order chi connectivity index (χ1) is 19.7. The van der Waals surface area contributed by atoms with Crippen molar-refractivity contribution in [2.45, 2.75) is 52.5 Å². The number of alkyl halides is 3. The molecule has 0 saturated carbocycles. The number of carbonyl (C=O) groups is 2. The molecule has 2 aromatic carbocycles. The normalized spacial score (nSPS) is 12.8. The van der Waals surface area contributed by atoms with Crippen molar-refractivity contribution in [1.82, 2.24) is 14.8 Å². The minimum atomic E-state index is -3.67. The molecule has 0 saturated heterocycles. The van der Waals surface area contributed by atoms with Crippen molar-refractivity contribution in [3.63, 3.8) is 0 Å². The molecule has 2 amide bonds. The summed E-state index contributed by atoms with van der Waals surface area (Å²) in [6.45, 7) is 1.99. The summed E-state index contributed by atoms with van der Waals surface area (Å²) in [5, 5.41) is 12.3. The van der Waals surface area contributed by atoms with E-state index in [0.29, 0.717) is 17.8 Å². The molecule has 0 fully saturated rings. The van der Waals surface area contributed by atoms with Gasteiger partial charge in [0.15, 0.2) is 0 Å². The summed E-state index contributed by atoms with van der Waals surface area (Å²) < 4.78 is 59.8. The zero-order valence-corrected chi connectivity index (χ0v) is 24.0. The van der Waals surface area contributed by atoms with E-state index in [4.69, 9.17) is 5.73 Å². The second kappa shape index (κ2) is 15.5. The van der Waals surface area contributed by atoms with E-state index in [-0.39, 0.29) is 24.4 Å². The highest BCUT2D eigenvalue weighted by Gasteiger charge is 2.37. The SMILES string of the molecule is CNC(=O)C(N)CCN(C(=O)CO)C(c1cc(-c2cc(F)ccc2F)cn1Cc1ccccc1)C(C)(C)C.FC(F)F. The van der Waals surface area contributed by atoms with E-state index in [9.17, 15) is 36.6 Å². The molecule has 42 heavy (non-hydrogen) atoms. The predicted octanol–water partition coefficient (Wildman–Crippen LogP) is 5.03. The number of halogens is 5. The lowest BCUT2D eigenvalue weighted by atomic mass is 9.82. The lowest BCUT2D eigenvalue weighted by Gasteiger charge is -2.41. The maximum Gasteiger partial charge on any atom is 0.379 e. The highest BCUT2D eigenvalue weighted by Crippen LogP contribution is 2.41. The van der Waals surface area contributed by atoms with Crippen LogP contribution in [0, 0.1) is 17.0 Å². The molecule has 2 unspecified atom stereocenters. The van der Waals surface area contributed by atoms with Crippen LogP contribution in [-0.4, -0.2) is 59.3 Å². The third kappa shape index (κ3) is 9.66. The van der Waals surface area contributed by atoms with Crippen LogP contribution in [-0.2, 0) is 16.1 Å². The van der Waals surface area contributed by atoms with Crippen LogP contribution in [0.25, 0.3) is 11.1 Å². The molecular weight excluding hydrogens is 559 g/mol. The Labute approximate surface area is 242 Å². The fourth-order valence-electron chi connectivity index (χ4n) is 4.70. The van der Waals surface area contributed by atoms with Gasteiger partial charge in [0.05, 0.1) is 12.1 Å². The first-order valence-corrected chi connectivity index (χ1v) is 13.2. The predicted molar refractivity (Wildman–Crippen MR) is 150 cm³/mol. The maximum absolute atomic E-state index is 14.8. The number of aliphatic hydroxyl groups is 1. The first kappa shape index (κ1) is 34.4. The largest absolute Gasteiger partial charge is 0.387 e. The molecule has 0 aliphatic rings. The highest BCUT2D eigenvalue weighted by molar-refractivity contribution is 5.81. The lowest BCUT2D eigenvalue weighted by Crippen LogP contribution is -2.47. The molecule has 0 aliphatic carbocycles. The van der Waals surface area contributed by atoms with Gasteiger partial charge in [-0.15, -0.1) is 0 Å². The average molecular weight is 597 g/mol. The summed E-state index contributed by atoms with van der Waals surface area (Å²) in [6.07, 6.45) is 1.92. The molecule has 3 rings (SSSR count). The summed E-state index contributed by atoms with van der Waals surface area (Å²) in [5.41, 5.74) is 7.68. The van der Waals surface area contributed by atoms with Gasteiger partial charge in [0.2, 0.25) is 11.8 Å². The number of likely N-dealkylation sites (N-methyl/N-ethyl adjacent to an activating group) is 1. The first-order valence-electron chi connectivity index (χ1n) is 13.2. The molecule has 1 heterocycles. The van der Waals surface area contributed by atoms with E-state index in [2.05, 4.69) is 5.32 Å². The van der Waals surface area contributed by atoms with Crippen molar-refractivity contribution in [3.05, 3.63) is 83.7 Å². The monoisotopic (exact) mass is 596 g/mol. The van der Waals surface area contributed by atoms with E-state index in [1.165, 1.54) is 11.9 Å². The Balaban J connectivity index is 0.00000144. The smallest absolute Gasteiger partial charge is 0.379 e. The zero-order chi connectivity index (χ0) is 31.6. The number of benzene rings is 2. The minimum Gasteiger partial charge on any atom is -0.387 e. The van der Waals surface area contributed by atoms with Crippen molar-refractivity contribution in [2.24, 2.45) is 11.1 Å². The molecule has 4 N–H and O–H groups in total. The number of nitrogens with one attached hydrogen (secondary N) is 1. The van der Waals surface area contributed by atoms with Gasteiger partial charge in [0, 0.05) is 43.2 Å². The summed E-state index contributed by atoms with van der Waals surface area (Å²) in [5.74, 6) is -2.02. The van der Waals surface area contributed by atoms with Crippen molar-refractivity contribution in [2.75, 3.05) is 20.2 Å². The fraction of sp³-hybridized carbons (Fsp3) is 0.400. The molecule has 1 aromatic heterocycles. The van der Waals surface area contributed by atoms with Crippen LogP contribution in [0.1, 0.15) is 44.5 Å². The van der Waals surface area contributed by atoms with Gasteiger partial charge in [0.25, 0.3) is 0 Å². The Hall–Kier alpha value is -3.77. The van der Waals surface area contributed by atoms with Gasteiger partial charge in [0.1, 0.15) is 18.2 Å². The number of nitrogens with zero attached hydrogens (tertiary/aromatic N) is 2. The van der Waals surface area contributed by atoms with Crippen molar-refractivity contribution < 1.29 is 36.6 Å². The summed E-state index contributed by atoms with van der Waals surface area (Å²) in [4.78, 5) is 26.6. The number of hydrogen-bond donors (Lipinski definition) is 3. The molecule has 7 nitrogen and oxygen atoms in total. The standard InChI is InChI=1S/C29H36F2N4O3.CHF3/c1-29(2,3)27(35(26(37)18-36)13-12-24(32)28(38)33-4)25-14-20(22-15-21(30)10-11-23(22)31)17-34(25)16-19-8-6-5-7-9-19;2-1(3)4/h5-11,14-15,17,24,27,36H,12-13,16,18,32H2,1-4H3,(H,33,38);1H. The van der Waals surface area contributed by atoms with Crippen molar-refractivity contribution in [3.8, 4) is 11.1 Å². The van der Waals surface area contributed by atoms with Crippen molar-refractivity contribution >= 4 is 11.8 Å². The molecule has 3 aromatic rings. The Kier molecular flexibility index (Phi) is 12.7. The third-order valence-corrected chi connectivity index (χ3v) is 6.50. The number of rotatable bonds is 10. The Morgan fingerprint density at radius 1 is 1.05 bits per heavy atom. The van der Waals surface area contributed by atoms with Gasteiger partial charge in [-0.3, -0.25) is 9.59 Å². The Morgan fingerprint density at radius 3 is 2.21 bits per heavy atom. The number of aliphatic hydroxyl groups excluding tert-OH is 1. The molecule has 2 atom stereocenters. The van der Waals surface area contributed by atoms with E-state index >= 15 is 0 Å². The van der Waals surface area contributed by atoms with Crippen LogP contribution in [0.5, 0.6) is 0 Å². The molecule has 12 heteroatoms. The molecule has 0 aliphatic heterocycles. The van der Waals surface area contributed by atoms with Crippen molar-refractivity contribution in [1.29, 1.82) is 0 Å². The van der Waals surface area contributed by atoms with Gasteiger partial charge in [-0.1, -0.05) is 51.1 Å². The van der Waals surface area contributed by atoms with Gasteiger partial charge >= 0.3 is 6.68 Å². The Morgan fingerprint density at radius 2 is 1.67 bits per heavy atom. The maximum atomic E-state index is 14.8. The van der Waals surface area contributed by atoms with Gasteiger partial charge in [-0.25, -0.2) is 8.78 Å². The Bertz CT molecular complexity index is 1310. The van der Waals surface area contributed by atoms with Crippen LogP contribution in [0.15, 0.2) is 60.8 Å². The summed E-state index contributed by atoms with van der Waals surface area (Å²) in [7, 11) is 1.49. The number of aromatic nitrogens is 1. The summed E-state index contributed by atoms with van der Waals surface area (Å²) in [6, 6.07) is 13.3. The topological polar surface area (TPSA) is 101 Å². The lowest BCUT2D eigenvalue weighted by molar-refractivity contribution is -0.140. The van der Waals surface area contributed by atoms with Gasteiger partial charge in [-0.2, -0.15) is 13.2 Å². The fourth-order valence-corrected chi connectivity index (χ4v) is 4.70. The van der Waals surface area contributed by atoms with Crippen LogP contribution >= 0.6 is 0 Å². The average Bonchev–Trinajstić information content (AvgIpc) is 3.32. The van der Waals surface area contributed by atoms with Crippen LogP contribution < -0.4 is 11.1 Å². The third-order valence-electron chi connectivity index (χ3n) is 6.50. The number of nitrogens with two attached hydrogens (primary N) is 1. The molecular formula is C30H37F5N4O3. The van der Waals surface area contributed by atoms with Gasteiger partial charge < -0.3 is 25.6 Å². The minimum absolute atomic E-state index is 0.104. The van der Waals surface area contributed by atoms with Gasteiger partial charge in [-0.05, 0) is 41.7 Å². The van der Waals surface area contributed by atoms with E-state index < -0.39 is 48.3 Å². The van der Waals surface area contributed by atoms with Crippen LogP contribution in [0.3, 0.4) is 0 Å². The summed E-state index contributed by atoms with van der Waals surface area (Å²) >= 11 is 0. The molecule has 0 radical (unpaired) electrons. The molecule has 0 spiro atoms. The quantitative estimate of drug-likeness (QED) is 0.286. The number of hydrogen-bond acceptors (Lipinski definition) is 4. The highest BCUT2D eigenvalue weighted by atomic mass is 19.4. The second-order valence-electron chi connectivity index (χ2n) is 10.7. The van der Waals surface area contributed by atoms with Crippen LogP contribution in [0.4, 0.5) is 22.0 Å². The van der Waals surface area contributed by atoms with Crippen LogP contribution in [0.2, 0.25) is 0 Å². The van der Waals surface area contributed by atoms with E-state index in [1.807, 2.05) is 55.7 Å². The number of carbonyl (C=O) groups excluding carboxylic acids is 2. The zero-order valence-electron chi connectivity index (χ0n) is 24.0. The van der Waals surface area contributed by atoms with E-state index in [0.717, 1.165) is 23.8 Å². The molecule has 0 bridgehead atoms. The number of amides is 2. The molecule has 230 valence electrons. The van der Waals surface area contributed by atoms with E-state index in [1.54, 1.807) is 12.3 Å².